The molecule has 2 N–H and O–H groups in total. The van der Waals surface area contributed by atoms with Crippen LogP contribution in [-0.4, -0.2) is 35.7 Å². The van der Waals surface area contributed by atoms with E-state index in [0.717, 1.165) is 15.6 Å². The van der Waals surface area contributed by atoms with Gasteiger partial charge >= 0.3 is 0 Å². The van der Waals surface area contributed by atoms with Gasteiger partial charge in [0.25, 0.3) is 5.91 Å². The van der Waals surface area contributed by atoms with Gasteiger partial charge in [0, 0.05) is 51.6 Å². The molecule has 0 bridgehead atoms. The largest absolute Gasteiger partial charge is 0.494 e. The van der Waals surface area contributed by atoms with Crippen LogP contribution in [-0.2, 0) is 22.5 Å². The molecule has 0 saturated heterocycles. The van der Waals surface area contributed by atoms with E-state index in [1.165, 1.54) is 0 Å². The van der Waals surface area contributed by atoms with Gasteiger partial charge in [0.2, 0.25) is 5.90 Å². The van der Waals surface area contributed by atoms with Crippen LogP contribution < -0.4 is 10.1 Å². The van der Waals surface area contributed by atoms with Crippen molar-refractivity contribution in [1.82, 2.24) is 5.32 Å². The number of aliphatic hydroxyl groups is 1. The van der Waals surface area contributed by atoms with Crippen molar-refractivity contribution in [3.8, 4) is 5.75 Å². The van der Waals surface area contributed by atoms with Gasteiger partial charge < -0.3 is 19.9 Å². The fraction of sp³-hybridized carbons (Fsp3) is 0.212. The normalized spacial score (nSPS) is 17.8. The summed E-state index contributed by atoms with van der Waals surface area (Å²) in [4.78, 5) is 19.4. The second-order valence-corrected chi connectivity index (χ2v) is 11.7. The number of carbonyl (C=O) groups is 1. The van der Waals surface area contributed by atoms with Gasteiger partial charge in [0.1, 0.15) is 5.75 Å². The van der Waals surface area contributed by atoms with Crippen LogP contribution in [0, 0.1) is 0 Å². The third-order valence-electron chi connectivity index (χ3n) is 6.96. The maximum Gasteiger partial charge on any atom is 0.252 e. The van der Waals surface area contributed by atoms with Crippen molar-refractivity contribution < 1.29 is 19.4 Å². The van der Waals surface area contributed by atoms with Crippen molar-refractivity contribution >= 4 is 50.9 Å². The van der Waals surface area contributed by atoms with Crippen molar-refractivity contribution in [2.75, 3.05) is 13.2 Å². The lowest BCUT2D eigenvalue weighted by Crippen LogP contribution is -2.49. The monoisotopic (exact) mass is 666 g/mol. The van der Waals surface area contributed by atoms with Gasteiger partial charge in [-0.1, -0.05) is 87.7 Å². The zero-order chi connectivity index (χ0) is 29.5. The van der Waals surface area contributed by atoms with E-state index in [1.807, 2.05) is 78.9 Å². The molecule has 4 aromatic carbocycles. The summed E-state index contributed by atoms with van der Waals surface area (Å²) in [5.74, 6) is 0.689. The molecule has 0 fully saturated rings. The number of hydrogen-bond donors (Lipinski definition) is 2. The first-order chi connectivity index (χ1) is 20.4. The fourth-order valence-corrected chi connectivity index (χ4v) is 5.59. The number of hydrogen-bond acceptors (Lipinski definition) is 5. The number of benzene rings is 4. The number of rotatable bonds is 11. The van der Waals surface area contributed by atoms with E-state index < -0.39 is 11.6 Å². The highest BCUT2D eigenvalue weighted by molar-refractivity contribution is 9.10. The van der Waals surface area contributed by atoms with Gasteiger partial charge in [0.05, 0.1) is 6.61 Å². The van der Waals surface area contributed by atoms with E-state index in [0.29, 0.717) is 52.4 Å². The Morgan fingerprint density at radius 2 is 1.71 bits per heavy atom. The van der Waals surface area contributed by atoms with Gasteiger partial charge in [-0.05, 0) is 59.7 Å². The minimum atomic E-state index is -1.38. The second kappa shape index (κ2) is 13.7. The average Bonchev–Trinajstić information content (AvgIpc) is 3.38. The van der Waals surface area contributed by atoms with Crippen LogP contribution in [0.2, 0.25) is 10.0 Å². The maximum atomic E-state index is 14.3. The Kier molecular flexibility index (Phi) is 9.85. The summed E-state index contributed by atoms with van der Waals surface area (Å²) in [5.41, 5.74) is 1.78. The van der Waals surface area contributed by atoms with E-state index in [-0.39, 0.29) is 18.9 Å². The van der Waals surface area contributed by atoms with E-state index in [2.05, 4.69) is 21.2 Å². The van der Waals surface area contributed by atoms with Crippen molar-refractivity contribution in [2.24, 2.45) is 4.99 Å². The predicted octanol–water partition coefficient (Wildman–Crippen LogP) is 7.33. The highest BCUT2D eigenvalue weighted by atomic mass is 79.9. The first-order valence-electron chi connectivity index (χ1n) is 13.5. The minimum absolute atomic E-state index is 0.0597. The van der Waals surface area contributed by atoms with Crippen LogP contribution >= 0.6 is 39.1 Å². The number of aliphatic hydroxyl groups excluding tert-OH is 1. The number of amides is 1. The zero-order valence-corrected chi connectivity index (χ0v) is 25.7. The van der Waals surface area contributed by atoms with Crippen LogP contribution in [0.1, 0.15) is 34.8 Å². The van der Waals surface area contributed by atoms with E-state index in [1.54, 1.807) is 18.2 Å². The Bertz CT molecular complexity index is 1550. The van der Waals surface area contributed by atoms with Crippen LogP contribution in [0.15, 0.2) is 107 Å². The molecule has 4 aromatic rings. The van der Waals surface area contributed by atoms with Crippen molar-refractivity contribution in [2.45, 2.75) is 31.0 Å². The highest BCUT2D eigenvalue weighted by Crippen LogP contribution is 2.45. The standard InChI is InChI=1S/C33H29BrCl2N2O4/c34-25-11-7-22(8-12-25)20-33(32(40)37-21-23-5-2-1-3-6-23)30(28-16-13-26(35)19-29(28)36)42-31(38-33)24-9-14-27(15-10-24)41-18-4-17-39/h1-3,5-16,19,30,39H,4,17-18,20-21H2,(H,37,40)/t30-,33-/m1/s1. The Morgan fingerprint density at radius 3 is 2.40 bits per heavy atom. The van der Waals surface area contributed by atoms with Gasteiger partial charge in [-0.3, -0.25) is 4.79 Å². The van der Waals surface area contributed by atoms with Crippen LogP contribution in [0.25, 0.3) is 0 Å². The van der Waals surface area contributed by atoms with E-state index in [4.69, 9.17) is 42.8 Å². The number of nitrogens with one attached hydrogen (secondary N) is 1. The second-order valence-electron chi connectivity index (χ2n) is 9.93. The smallest absolute Gasteiger partial charge is 0.252 e. The van der Waals surface area contributed by atoms with Crippen molar-refractivity contribution in [3.05, 3.63) is 134 Å². The Morgan fingerprint density at radius 1 is 0.976 bits per heavy atom. The third kappa shape index (κ3) is 6.98. The lowest BCUT2D eigenvalue weighted by atomic mass is 9.82. The number of halogens is 3. The van der Waals surface area contributed by atoms with Gasteiger partial charge in [-0.15, -0.1) is 0 Å². The molecule has 0 saturated carbocycles. The first kappa shape index (κ1) is 30.1. The summed E-state index contributed by atoms with van der Waals surface area (Å²) in [7, 11) is 0. The molecule has 0 aliphatic carbocycles. The van der Waals surface area contributed by atoms with Crippen molar-refractivity contribution in [3.63, 3.8) is 0 Å². The lowest BCUT2D eigenvalue weighted by Gasteiger charge is -2.31. The van der Waals surface area contributed by atoms with Crippen LogP contribution in [0.3, 0.4) is 0 Å². The Balaban J connectivity index is 1.57. The molecular weight excluding hydrogens is 639 g/mol. The molecule has 1 amide bonds. The molecule has 6 nitrogen and oxygen atoms in total. The minimum Gasteiger partial charge on any atom is -0.494 e. The average molecular weight is 668 g/mol. The molecule has 0 aromatic heterocycles. The molecule has 1 aliphatic rings. The quantitative estimate of drug-likeness (QED) is 0.164. The Labute approximate surface area is 263 Å². The number of aliphatic imine (C=N–C) groups is 1. The van der Waals surface area contributed by atoms with Gasteiger partial charge in [-0.2, -0.15) is 0 Å². The molecule has 9 heteroatoms. The zero-order valence-electron chi connectivity index (χ0n) is 22.6. The first-order valence-corrected chi connectivity index (χ1v) is 15.0. The molecule has 1 aliphatic heterocycles. The SMILES string of the molecule is O=C(NCc1ccccc1)[C@]1(Cc2ccc(Br)cc2)N=C(c2ccc(OCCCO)cc2)O[C@@H]1c1ccc(Cl)cc1Cl. The van der Waals surface area contributed by atoms with Crippen LogP contribution in [0.5, 0.6) is 5.75 Å². The lowest BCUT2D eigenvalue weighted by molar-refractivity contribution is -0.129. The third-order valence-corrected chi connectivity index (χ3v) is 8.05. The maximum absolute atomic E-state index is 14.3. The molecule has 1 heterocycles. The van der Waals surface area contributed by atoms with Gasteiger partial charge in [-0.25, -0.2) is 4.99 Å². The molecule has 0 radical (unpaired) electrons. The molecule has 0 unspecified atom stereocenters. The number of carbonyl (C=O) groups excluding carboxylic acids is 1. The van der Waals surface area contributed by atoms with E-state index in [9.17, 15) is 4.79 Å². The van der Waals surface area contributed by atoms with Gasteiger partial charge in [0.15, 0.2) is 11.6 Å². The fourth-order valence-electron chi connectivity index (χ4n) is 4.82. The molecule has 42 heavy (non-hydrogen) atoms. The summed E-state index contributed by atoms with van der Waals surface area (Å²) in [6, 6.07) is 30.0. The summed E-state index contributed by atoms with van der Waals surface area (Å²) in [6.07, 6.45) is -0.0362. The topological polar surface area (TPSA) is 80.2 Å². The van der Waals surface area contributed by atoms with Crippen LogP contribution in [0.4, 0.5) is 0 Å². The summed E-state index contributed by atoms with van der Waals surface area (Å²) >= 11 is 16.5. The molecular formula is C33H29BrCl2N2O4. The molecule has 5 rings (SSSR count). The molecule has 216 valence electrons. The summed E-state index contributed by atoms with van der Waals surface area (Å²) in [6.45, 7) is 0.792. The summed E-state index contributed by atoms with van der Waals surface area (Å²) < 4.78 is 13.2. The van der Waals surface area contributed by atoms with E-state index >= 15 is 0 Å². The molecule has 0 spiro atoms. The summed E-state index contributed by atoms with van der Waals surface area (Å²) in [5, 5.41) is 13.0. The number of ether oxygens (including phenoxy) is 2. The predicted molar refractivity (Wildman–Crippen MR) is 169 cm³/mol. The van der Waals surface area contributed by atoms with Crippen molar-refractivity contribution in [1.29, 1.82) is 0 Å². The Hall–Kier alpha value is -3.36. The highest BCUT2D eigenvalue weighted by Gasteiger charge is 2.53. The molecule has 2 atom stereocenters. The number of nitrogens with zero attached hydrogens (tertiary/aromatic N) is 1.